The zero-order valence-corrected chi connectivity index (χ0v) is 18.7. The number of nitriles is 1. The van der Waals surface area contributed by atoms with E-state index in [2.05, 4.69) is 10.3 Å². The van der Waals surface area contributed by atoms with Gasteiger partial charge in [-0.3, -0.25) is 9.59 Å². The number of pyridine rings is 1. The fraction of sp³-hybridized carbons (Fsp3) is 0.231. The number of ketones is 1. The van der Waals surface area contributed by atoms with Crippen LogP contribution in [-0.4, -0.2) is 16.7 Å². The molecule has 0 saturated heterocycles. The summed E-state index contributed by atoms with van der Waals surface area (Å²) in [6.07, 6.45) is -2.28. The number of aromatic nitrogens is 1. The predicted molar refractivity (Wildman–Crippen MR) is 121 cm³/mol. The van der Waals surface area contributed by atoms with E-state index in [0.717, 1.165) is 31.0 Å². The summed E-state index contributed by atoms with van der Waals surface area (Å²) < 4.78 is 59.7. The number of carbonyl (C=O) groups is 2. The summed E-state index contributed by atoms with van der Waals surface area (Å²) in [5, 5.41) is 11.6. The monoisotopic (exact) mass is 497 g/mol. The molecule has 10 heteroatoms. The molecule has 1 saturated carbocycles. The SMILES string of the molecule is N#Cc1ccc(CC(=O)Cc2ccc(Oc3ccnc(NC(=O)C4CC4)c3)cc2F)cc1C(F)(F)F. The topological polar surface area (TPSA) is 92.1 Å². The summed E-state index contributed by atoms with van der Waals surface area (Å²) in [6, 6.07) is 11.5. The maximum atomic E-state index is 14.6. The van der Waals surface area contributed by atoms with E-state index in [1.807, 2.05) is 0 Å². The summed E-state index contributed by atoms with van der Waals surface area (Å²) in [7, 11) is 0. The molecule has 2 aromatic carbocycles. The van der Waals surface area contributed by atoms with Crippen molar-refractivity contribution in [2.45, 2.75) is 31.9 Å². The molecule has 0 aliphatic heterocycles. The van der Waals surface area contributed by atoms with Gasteiger partial charge in [-0.05, 0) is 48.2 Å². The van der Waals surface area contributed by atoms with Crippen LogP contribution in [0.2, 0.25) is 0 Å². The van der Waals surface area contributed by atoms with Gasteiger partial charge >= 0.3 is 6.18 Å². The Kier molecular flexibility index (Phi) is 7.01. The van der Waals surface area contributed by atoms with Gasteiger partial charge in [0.1, 0.15) is 28.9 Å². The first kappa shape index (κ1) is 24.9. The maximum Gasteiger partial charge on any atom is 0.417 e. The van der Waals surface area contributed by atoms with E-state index in [1.54, 1.807) is 0 Å². The van der Waals surface area contributed by atoms with Gasteiger partial charge in [-0.15, -0.1) is 0 Å². The van der Waals surface area contributed by atoms with Gasteiger partial charge in [-0.2, -0.15) is 18.4 Å². The fourth-order valence-electron chi connectivity index (χ4n) is 3.52. The number of ether oxygens (including phenoxy) is 1. The molecule has 36 heavy (non-hydrogen) atoms. The number of benzene rings is 2. The Morgan fingerprint density at radius 1 is 1.06 bits per heavy atom. The molecular weight excluding hydrogens is 478 g/mol. The van der Waals surface area contributed by atoms with Crippen LogP contribution < -0.4 is 10.1 Å². The van der Waals surface area contributed by atoms with E-state index < -0.39 is 28.9 Å². The quantitative estimate of drug-likeness (QED) is 0.409. The minimum absolute atomic E-state index is 0.00401. The van der Waals surface area contributed by atoms with Crippen molar-refractivity contribution in [3.05, 3.63) is 82.8 Å². The lowest BCUT2D eigenvalue weighted by Crippen LogP contribution is -2.14. The van der Waals surface area contributed by atoms with E-state index in [0.29, 0.717) is 11.6 Å². The molecule has 0 spiro atoms. The zero-order chi connectivity index (χ0) is 25.9. The second kappa shape index (κ2) is 10.2. The van der Waals surface area contributed by atoms with Gasteiger partial charge in [0, 0.05) is 37.1 Å². The van der Waals surface area contributed by atoms with Crippen molar-refractivity contribution in [3.63, 3.8) is 0 Å². The molecule has 4 rings (SSSR count). The van der Waals surface area contributed by atoms with Crippen LogP contribution in [0.25, 0.3) is 0 Å². The zero-order valence-electron chi connectivity index (χ0n) is 18.7. The van der Waals surface area contributed by atoms with Crippen LogP contribution in [0.15, 0.2) is 54.7 Å². The van der Waals surface area contributed by atoms with Crippen molar-refractivity contribution in [1.29, 1.82) is 5.26 Å². The van der Waals surface area contributed by atoms with Crippen LogP contribution in [0.3, 0.4) is 0 Å². The van der Waals surface area contributed by atoms with Gasteiger partial charge in [0.15, 0.2) is 0 Å². The first-order valence-corrected chi connectivity index (χ1v) is 11.0. The van der Waals surface area contributed by atoms with E-state index in [9.17, 15) is 27.2 Å². The molecule has 1 N–H and O–H groups in total. The first-order valence-electron chi connectivity index (χ1n) is 11.0. The summed E-state index contributed by atoms with van der Waals surface area (Å²) in [6.45, 7) is 0. The molecule has 184 valence electrons. The van der Waals surface area contributed by atoms with Crippen molar-refractivity contribution in [3.8, 4) is 17.6 Å². The standard InChI is InChI=1S/C26H19F4N3O3/c27-23-12-20(36-21-7-8-32-24(13-21)33-25(35)16-3-4-16)6-5-17(23)11-19(34)9-15-1-2-18(14-31)22(10-15)26(28,29)30/h1-2,5-8,10,12-13,16H,3-4,9,11H2,(H,32,33,35). The molecule has 0 atom stereocenters. The number of nitrogens with one attached hydrogen (secondary N) is 1. The number of halogens is 4. The number of hydrogen-bond acceptors (Lipinski definition) is 5. The van der Waals surface area contributed by atoms with Crippen LogP contribution in [0.1, 0.15) is 35.1 Å². The number of amides is 1. The lowest BCUT2D eigenvalue weighted by Gasteiger charge is -2.11. The van der Waals surface area contributed by atoms with Crippen LogP contribution in [-0.2, 0) is 28.6 Å². The average molecular weight is 497 g/mol. The largest absolute Gasteiger partial charge is 0.457 e. The molecule has 0 unspecified atom stereocenters. The minimum atomic E-state index is -4.73. The fourth-order valence-corrected chi connectivity index (χ4v) is 3.52. The number of nitrogens with zero attached hydrogens (tertiary/aromatic N) is 2. The van der Waals surface area contributed by atoms with Gasteiger partial charge in [0.25, 0.3) is 0 Å². The highest BCUT2D eigenvalue weighted by atomic mass is 19.4. The van der Waals surface area contributed by atoms with Crippen molar-refractivity contribution >= 4 is 17.5 Å². The molecule has 0 bridgehead atoms. The number of anilines is 1. The number of Topliss-reactive ketones (excluding diaryl/α,β-unsaturated/α-hetero) is 1. The third kappa shape index (κ3) is 6.24. The summed E-state index contributed by atoms with van der Waals surface area (Å²) in [5.41, 5.74) is -1.51. The Labute approximate surface area is 203 Å². The van der Waals surface area contributed by atoms with Gasteiger partial charge in [0.05, 0.1) is 17.2 Å². The van der Waals surface area contributed by atoms with Crippen LogP contribution >= 0.6 is 0 Å². The molecule has 1 aromatic heterocycles. The molecule has 1 fully saturated rings. The Morgan fingerprint density at radius 2 is 1.81 bits per heavy atom. The normalized spacial score (nSPS) is 13.1. The van der Waals surface area contributed by atoms with E-state index in [4.69, 9.17) is 10.00 Å². The highest BCUT2D eigenvalue weighted by Crippen LogP contribution is 2.33. The van der Waals surface area contributed by atoms with E-state index in [1.165, 1.54) is 42.6 Å². The molecular formula is C26H19F4N3O3. The van der Waals surface area contributed by atoms with E-state index >= 15 is 0 Å². The smallest absolute Gasteiger partial charge is 0.417 e. The summed E-state index contributed by atoms with van der Waals surface area (Å²) in [4.78, 5) is 28.4. The number of alkyl halides is 3. The third-order valence-corrected chi connectivity index (χ3v) is 5.49. The Balaban J connectivity index is 1.40. The predicted octanol–water partition coefficient (Wildman–Crippen LogP) is 5.61. The van der Waals surface area contributed by atoms with Gasteiger partial charge in [0.2, 0.25) is 5.91 Å². The highest BCUT2D eigenvalue weighted by molar-refractivity contribution is 5.93. The second-order valence-electron chi connectivity index (χ2n) is 8.38. The van der Waals surface area contributed by atoms with Crippen molar-refractivity contribution in [2.75, 3.05) is 5.32 Å². The molecule has 6 nitrogen and oxygen atoms in total. The van der Waals surface area contributed by atoms with Crippen molar-refractivity contribution in [2.24, 2.45) is 5.92 Å². The van der Waals surface area contributed by atoms with Crippen LogP contribution in [0, 0.1) is 23.1 Å². The lowest BCUT2D eigenvalue weighted by atomic mass is 9.98. The second-order valence-corrected chi connectivity index (χ2v) is 8.38. The van der Waals surface area contributed by atoms with Crippen molar-refractivity contribution in [1.82, 2.24) is 4.98 Å². The maximum absolute atomic E-state index is 14.6. The van der Waals surface area contributed by atoms with E-state index in [-0.39, 0.29) is 41.5 Å². The van der Waals surface area contributed by atoms with Gasteiger partial charge in [-0.1, -0.05) is 12.1 Å². The Hall–Kier alpha value is -4.26. The summed E-state index contributed by atoms with van der Waals surface area (Å²) >= 11 is 0. The molecule has 1 aliphatic carbocycles. The Bertz CT molecular complexity index is 1360. The third-order valence-electron chi connectivity index (χ3n) is 5.49. The lowest BCUT2D eigenvalue weighted by molar-refractivity contribution is -0.138. The molecule has 1 amide bonds. The number of carbonyl (C=O) groups excluding carboxylic acids is 2. The molecule has 1 heterocycles. The van der Waals surface area contributed by atoms with Gasteiger partial charge in [-0.25, -0.2) is 9.37 Å². The molecule has 0 radical (unpaired) electrons. The first-order chi connectivity index (χ1) is 17.1. The highest BCUT2D eigenvalue weighted by Gasteiger charge is 2.34. The molecule has 1 aliphatic rings. The summed E-state index contributed by atoms with van der Waals surface area (Å²) in [5.74, 6) is -0.543. The Morgan fingerprint density at radius 3 is 2.47 bits per heavy atom. The number of rotatable bonds is 8. The number of hydrogen-bond donors (Lipinski definition) is 1. The van der Waals surface area contributed by atoms with Crippen LogP contribution in [0.5, 0.6) is 11.5 Å². The minimum Gasteiger partial charge on any atom is -0.457 e. The van der Waals surface area contributed by atoms with Crippen molar-refractivity contribution < 1.29 is 31.9 Å². The van der Waals surface area contributed by atoms with Gasteiger partial charge < -0.3 is 10.1 Å². The average Bonchev–Trinajstić information content (AvgIpc) is 3.66. The van der Waals surface area contributed by atoms with Crippen LogP contribution in [0.4, 0.5) is 23.4 Å². The molecule has 3 aromatic rings.